The number of carbonyl (C=O) groups is 2. The maximum Gasteiger partial charge on any atom is 0.404 e. The van der Waals surface area contributed by atoms with Crippen molar-refractivity contribution in [1.29, 1.82) is 0 Å². The number of aliphatic hydroxyl groups is 1. The van der Waals surface area contributed by atoms with E-state index in [2.05, 4.69) is 16.0 Å². The molecule has 3 atom stereocenters. The van der Waals surface area contributed by atoms with E-state index < -0.39 is 18.1 Å². The number of rotatable bonds is 5. The van der Waals surface area contributed by atoms with Gasteiger partial charge in [0.2, 0.25) is 5.91 Å². The molecule has 1 aromatic carbocycles. The standard InChI is InChI=1S/C16H23N3O4/c20-14-10-17-8-4-7-13(14)19-15(21)12(9-18-16(22)23)11-5-2-1-3-6-11/h1-3,5-6,12-14,17-18,20H,4,7-10H2,(H,19,21)(H,22,23)/t12-,13?,14?/m0/s1. The maximum absolute atomic E-state index is 12.6. The molecule has 1 heterocycles. The predicted molar refractivity (Wildman–Crippen MR) is 85.3 cm³/mol. The normalized spacial score (nSPS) is 22.7. The first-order chi connectivity index (χ1) is 11.1. The third-order valence-corrected chi connectivity index (χ3v) is 3.99. The minimum Gasteiger partial charge on any atom is -0.465 e. The van der Waals surface area contributed by atoms with Gasteiger partial charge in [-0.25, -0.2) is 4.79 Å². The number of β-amino-alcohol motifs (C(OH)–C–C–N with tert-alkyl or cyclic N) is 1. The molecule has 0 saturated carbocycles. The SMILES string of the molecule is O=C(O)NC[C@H](C(=O)NC1CCCNCC1O)c1ccccc1. The molecule has 1 aliphatic rings. The zero-order valence-electron chi connectivity index (χ0n) is 12.9. The molecular formula is C16H23N3O4. The minimum atomic E-state index is -1.17. The van der Waals surface area contributed by atoms with Crippen molar-refractivity contribution in [2.24, 2.45) is 0 Å². The van der Waals surface area contributed by atoms with Crippen LogP contribution in [0.25, 0.3) is 0 Å². The third-order valence-electron chi connectivity index (χ3n) is 3.99. The summed E-state index contributed by atoms with van der Waals surface area (Å²) in [5.74, 6) is -0.911. The number of hydrogen-bond donors (Lipinski definition) is 5. The smallest absolute Gasteiger partial charge is 0.404 e. The zero-order chi connectivity index (χ0) is 16.7. The molecule has 0 aliphatic carbocycles. The average Bonchev–Trinajstić information content (AvgIpc) is 2.73. The predicted octanol–water partition coefficient (Wildman–Crippen LogP) is 0.267. The van der Waals surface area contributed by atoms with Gasteiger partial charge in [-0.05, 0) is 24.9 Å². The highest BCUT2D eigenvalue weighted by atomic mass is 16.4. The summed E-state index contributed by atoms with van der Waals surface area (Å²) in [4.78, 5) is 23.4. The van der Waals surface area contributed by atoms with Crippen LogP contribution in [0.3, 0.4) is 0 Å². The van der Waals surface area contributed by atoms with E-state index in [1.54, 1.807) is 24.3 Å². The van der Waals surface area contributed by atoms with Gasteiger partial charge >= 0.3 is 6.09 Å². The van der Waals surface area contributed by atoms with E-state index >= 15 is 0 Å². The van der Waals surface area contributed by atoms with E-state index in [9.17, 15) is 14.7 Å². The first kappa shape index (κ1) is 17.2. The Morgan fingerprint density at radius 2 is 2.04 bits per heavy atom. The Labute approximate surface area is 135 Å². The summed E-state index contributed by atoms with van der Waals surface area (Å²) in [5.41, 5.74) is 0.736. The second-order valence-corrected chi connectivity index (χ2v) is 5.68. The fourth-order valence-corrected chi connectivity index (χ4v) is 2.72. The van der Waals surface area contributed by atoms with E-state index in [1.165, 1.54) is 0 Å². The van der Waals surface area contributed by atoms with Gasteiger partial charge in [0.15, 0.2) is 0 Å². The van der Waals surface area contributed by atoms with Crippen LogP contribution in [0.4, 0.5) is 4.79 Å². The second kappa shape index (κ2) is 8.50. The molecule has 5 N–H and O–H groups in total. The molecular weight excluding hydrogens is 298 g/mol. The number of amides is 2. The molecule has 0 aromatic heterocycles. The van der Waals surface area contributed by atoms with Gasteiger partial charge in [0.1, 0.15) is 0 Å². The summed E-state index contributed by atoms with van der Waals surface area (Å²) in [6.07, 6.45) is -0.262. The summed E-state index contributed by atoms with van der Waals surface area (Å²) in [7, 11) is 0. The molecule has 2 unspecified atom stereocenters. The van der Waals surface area contributed by atoms with Gasteiger partial charge in [-0.1, -0.05) is 30.3 Å². The quantitative estimate of drug-likeness (QED) is 0.534. The summed E-state index contributed by atoms with van der Waals surface area (Å²) in [6, 6.07) is 8.71. The molecule has 2 amide bonds. The van der Waals surface area contributed by atoms with Crippen LogP contribution in [-0.4, -0.2) is 54.0 Å². The van der Waals surface area contributed by atoms with Crippen LogP contribution in [0.1, 0.15) is 24.3 Å². The van der Waals surface area contributed by atoms with Crippen LogP contribution in [0.5, 0.6) is 0 Å². The van der Waals surface area contributed by atoms with Crippen LogP contribution in [-0.2, 0) is 4.79 Å². The Hall–Kier alpha value is -2.12. The summed E-state index contributed by atoms with van der Waals surface area (Å²) in [6.45, 7) is 1.24. The first-order valence-corrected chi connectivity index (χ1v) is 7.79. The van der Waals surface area contributed by atoms with Crippen LogP contribution >= 0.6 is 0 Å². The lowest BCUT2D eigenvalue weighted by molar-refractivity contribution is -0.124. The lowest BCUT2D eigenvalue weighted by atomic mass is 9.96. The maximum atomic E-state index is 12.6. The van der Waals surface area contributed by atoms with Crippen molar-refractivity contribution in [3.8, 4) is 0 Å². The van der Waals surface area contributed by atoms with E-state index in [-0.39, 0.29) is 18.5 Å². The van der Waals surface area contributed by atoms with Crippen molar-refractivity contribution < 1.29 is 19.8 Å². The minimum absolute atomic E-state index is 0.00769. The number of carbonyl (C=O) groups excluding carboxylic acids is 1. The van der Waals surface area contributed by atoms with Gasteiger partial charge in [-0.15, -0.1) is 0 Å². The fraction of sp³-hybridized carbons (Fsp3) is 0.500. The highest BCUT2D eigenvalue weighted by Gasteiger charge is 2.27. The number of nitrogens with one attached hydrogen (secondary N) is 3. The van der Waals surface area contributed by atoms with Gasteiger partial charge in [-0.2, -0.15) is 0 Å². The van der Waals surface area contributed by atoms with Gasteiger partial charge in [0.25, 0.3) is 0 Å². The Kier molecular flexibility index (Phi) is 6.37. The van der Waals surface area contributed by atoms with E-state index in [0.29, 0.717) is 13.0 Å². The van der Waals surface area contributed by atoms with Crippen LogP contribution in [0.15, 0.2) is 30.3 Å². The monoisotopic (exact) mass is 321 g/mol. The van der Waals surface area contributed by atoms with Crippen molar-refractivity contribution in [2.45, 2.75) is 30.9 Å². The highest BCUT2D eigenvalue weighted by Crippen LogP contribution is 2.16. The number of hydrogen-bond acceptors (Lipinski definition) is 4. The fourth-order valence-electron chi connectivity index (χ4n) is 2.72. The lowest BCUT2D eigenvalue weighted by Gasteiger charge is -2.25. The second-order valence-electron chi connectivity index (χ2n) is 5.68. The molecule has 1 saturated heterocycles. The lowest BCUT2D eigenvalue weighted by Crippen LogP contribution is -2.48. The van der Waals surface area contributed by atoms with Gasteiger partial charge < -0.3 is 26.2 Å². The van der Waals surface area contributed by atoms with Crippen molar-refractivity contribution >= 4 is 12.0 Å². The van der Waals surface area contributed by atoms with Crippen LogP contribution in [0.2, 0.25) is 0 Å². The number of aliphatic hydroxyl groups excluding tert-OH is 1. The number of carboxylic acid groups (broad SMARTS) is 1. The molecule has 1 aliphatic heterocycles. The topological polar surface area (TPSA) is 111 Å². The third kappa shape index (κ3) is 5.22. The van der Waals surface area contributed by atoms with Crippen LogP contribution < -0.4 is 16.0 Å². The van der Waals surface area contributed by atoms with E-state index in [4.69, 9.17) is 5.11 Å². The van der Waals surface area contributed by atoms with E-state index in [0.717, 1.165) is 18.5 Å². The van der Waals surface area contributed by atoms with Crippen molar-refractivity contribution in [3.63, 3.8) is 0 Å². The van der Waals surface area contributed by atoms with Gasteiger partial charge in [-0.3, -0.25) is 4.79 Å². The molecule has 0 radical (unpaired) electrons. The molecule has 0 spiro atoms. The number of benzene rings is 1. The van der Waals surface area contributed by atoms with Gasteiger partial charge in [0.05, 0.1) is 18.1 Å². The summed E-state index contributed by atoms with van der Waals surface area (Å²) < 4.78 is 0. The van der Waals surface area contributed by atoms with Crippen molar-refractivity contribution in [3.05, 3.63) is 35.9 Å². The Bertz CT molecular complexity index is 523. The Balaban J connectivity index is 2.07. The summed E-state index contributed by atoms with van der Waals surface area (Å²) in [5, 5.41) is 27.1. The summed E-state index contributed by atoms with van der Waals surface area (Å²) >= 11 is 0. The van der Waals surface area contributed by atoms with Crippen LogP contribution in [0, 0.1) is 0 Å². The largest absolute Gasteiger partial charge is 0.465 e. The molecule has 1 fully saturated rings. The first-order valence-electron chi connectivity index (χ1n) is 7.79. The Morgan fingerprint density at radius 1 is 1.30 bits per heavy atom. The highest BCUT2D eigenvalue weighted by molar-refractivity contribution is 5.84. The van der Waals surface area contributed by atoms with E-state index in [1.807, 2.05) is 6.07 Å². The van der Waals surface area contributed by atoms with Gasteiger partial charge in [0, 0.05) is 13.1 Å². The molecule has 0 bridgehead atoms. The molecule has 1 aromatic rings. The van der Waals surface area contributed by atoms with Crippen molar-refractivity contribution in [1.82, 2.24) is 16.0 Å². The Morgan fingerprint density at radius 3 is 2.74 bits per heavy atom. The molecule has 7 nitrogen and oxygen atoms in total. The average molecular weight is 321 g/mol. The van der Waals surface area contributed by atoms with Crippen molar-refractivity contribution in [2.75, 3.05) is 19.6 Å². The molecule has 23 heavy (non-hydrogen) atoms. The molecule has 2 rings (SSSR count). The molecule has 7 heteroatoms. The zero-order valence-corrected chi connectivity index (χ0v) is 12.9. The molecule has 126 valence electrons.